The number of nitrogens with one attached hydrogen (secondary N) is 1. The summed E-state index contributed by atoms with van der Waals surface area (Å²) in [5.41, 5.74) is 7.64. The average molecular weight is 378 g/mol. The minimum Gasteiger partial charge on any atom is -0.356 e. The number of imidazole rings is 1. The molecule has 146 valence electrons. The lowest BCUT2D eigenvalue weighted by Crippen LogP contribution is -2.37. The van der Waals surface area contributed by atoms with Gasteiger partial charge in [-0.1, -0.05) is 0 Å². The Hall–Kier alpha value is -2.16. The molecule has 0 spiro atoms. The van der Waals surface area contributed by atoms with Crippen LogP contribution in [-0.4, -0.2) is 38.0 Å². The van der Waals surface area contributed by atoms with Gasteiger partial charge in [0.1, 0.15) is 0 Å². The Kier molecular flexibility index (Phi) is 4.79. The van der Waals surface area contributed by atoms with Crippen molar-refractivity contribution in [1.29, 1.82) is 0 Å². The second kappa shape index (κ2) is 7.10. The summed E-state index contributed by atoms with van der Waals surface area (Å²) in [6.07, 6.45) is 6.26. The van der Waals surface area contributed by atoms with Gasteiger partial charge >= 0.3 is 0 Å². The predicted octanol–water partition coefficient (Wildman–Crippen LogP) is 2.02. The maximum atomic E-state index is 13.4. The number of rotatable bonds is 4. The summed E-state index contributed by atoms with van der Waals surface area (Å²) in [5.74, 6) is -2.18. The van der Waals surface area contributed by atoms with Crippen LogP contribution in [0.25, 0.3) is 5.78 Å². The molecule has 3 heterocycles. The van der Waals surface area contributed by atoms with E-state index in [1.165, 1.54) is 0 Å². The van der Waals surface area contributed by atoms with Crippen LogP contribution < -0.4 is 11.1 Å². The van der Waals surface area contributed by atoms with Crippen molar-refractivity contribution in [2.45, 2.75) is 56.9 Å². The first-order valence-electron chi connectivity index (χ1n) is 9.54. The molecule has 27 heavy (non-hydrogen) atoms. The van der Waals surface area contributed by atoms with Crippen LogP contribution in [0.1, 0.15) is 56.0 Å². The Morgan fingerprint density at radius 1 is 1.33 bits per heavy atom. The van der Waals surface area contributed by atoms with E-state index >= 15 is 0 Å². The summed E-state index contributed by atoms with van der Waals surface area (Å²) in [4.78, 5) is 20.7. The van der Waals surface area contributed by atoms with Crippen molar-refractivity contribution in [1.82, 2.24) is 24.9 Å². The van der Waals surface area contributed by atoms with E-state index in [-0.39, 0.29) is 30.6 Å². The van der Waals surface area contributed by atoms with Crippen molar-refractivity contribution in [2.24, 2.45) is 17.6 Å². The molecule has 2 aliphatic rings. The maximum absolute atomic E-state index is 13.4. The van der Waals surface area contributed by atoms with Gasteiger partial charge < -0.3 is 11.1 Å². The van der Waals surface area contributed by atoms with Gasteiger partial charge in [-0.15, -0.1) is 0 Å². The minimum absolute atomic E-state index is 0.0139. The van der Waals surface area contributed by atoms with Crippen LogP contribution in [0.15, 0.2) is 12.4 Å². The smallest absolute Gasteiger partial charge is 0.250 e. The van der Waals surface area contributed by atoms with Crippen molar-refractivity contribution in [2.75, 3.05) is 6.54 Å². The van der Waals surface area contributed by atoms with E-state index in [0.717, 1.165) is 25.1 Å². The second-order valence-corrected chi connectivity index (χ2v) is 7.71. The summed E-state index contributed by atoms with van der Waals surface area (Å²) in [7, 11) is 0. The number of nitrogens with zero attached hydrogens (tertiary/aromatic N) is 4. The van der Waals surface area contributed by atoms with Gasteiger partial charge in [-0.05, 0) is 31.6 Å². The van der Waals surface area contributed by atoms with Crippen LogP contribution in [0.3, 0.4) is 0 Å². The summed E-state index contributed by atoms with van der Waals surface area (Å²) >= 11 is 0. The van der Waals surface area contributed by atoms with Gasteiger partial charge in [0.25, 0.3) is 5.78 Å². The highest BCUT2D eigenvalue weighted by Crippen LogP contribution is 2.40. The summed E-state index contributed by atoms with van der Waals surface area (Å²) < 4.78 is 28.3. The normalized spacial score (nSPS) is 24.7. The highest BCUT2D eigenvalue weighted by Gasteiger charge is 2.37. The quantitative estimate of drug-likeness (QED) is 0.848. The zero-order valence-electron chi connectivity index (χ0n) is 15.1. The number of nitrogens with two attached hydrogens (primary N) is 1. The number of amides is 1. The number of carbonyl (C=O) groups is 1. The largest absolute Gasteiger partial charge is 0.356 e. The molecule has 0 aromatic carbocycles. The van der Waals surface area contributed by atoms with Gasteiger partial charge in [-0.3, -0.25) is 4.79 Å². The molecule has 2 aromatic rings. The lowest BCUT2D eigenvalue weighted by Gasteiger charge is -2.31. The highest BCUT2D eigenvalue weighted by molar-refractivity contribution is 5.79. The van der Waals surface area contributed by atoms with Crippen molar-refractivity contribution in [3.63, 3.8) is 0 Å². The Morgan fingerprint density at radius 2 is 2.11 bits per heavy atom. The second-order valence-electron chi connectivity index (χ2n) is 7.71. The van der Waals surface area contributed by atoms with Gasteiger partial charge in [0, 0.05) is 31.7 Å². The molecular weight excluding hydrogens is 354 g/mol. The molecule has 1 aliphatic carbocycles. The van der Waals surface area contributed by atoms with Crippen LogP contribution in [0.5, 0.6) is 0 Å². The average Bonchev–Trinajstić information content (AvgIpc) is 3.06. The van der Waals surface area contributed by atoms with Gasteiger partial charge in [0.15, 0.2) is 0 Å². The molecule has 1 amide bonds. The summed E-state index contributed by atoms with van der Waals surface area (Å²) in [6, 6.07) is -0.405. The van der Waals surface area contributed by atoms with Crippen molar-refractivity contribution < 1.29 is 13.6 Å². The number of aromatic nitrogens is 4. The number of halogens is 2. The minimum atomic E-state index is -2.57. The van der Waals surface area contributed by atoms with E-state index in [9.17, 15) is 13.6 Å². The molecule has 2 atom stereocenters. The van der Waals surface area contributed by atoms with Crippen LogP contribution in [-0.2, 0) is 11.2 Å². The van der Waals surface area contributed by atoms with Crippen LogP contribution in [0.4, 0.5) is 8.78 Å². The Bertz CT molecular complexity index is 828. The third-order valence-electron chi connectivity index (χ3n) is 5.72. The third kappa shape index (κ3) is 3.92. The molecule has 1 aliphatic heterocycles. The van der Waals surface area contributed by atoms with Crippen molar-refractivity contribution in [3.8, 4) is 0 Å². The van der Waals surface area contributed by atoms with Gasteiger partial charge in [0.05, 0.1) is 29.8 Å². The molecule has 7 nitrogen and oxygen atoms in total. The first-order chi connectivity index (χ1) is 12.9. The monoisotopic (exact) mass is 378 g/mol. The van der Waals surface area contributed by atoms with Crippen molar-refractivity contribution in [3.05, 3.63) is 23.8 Å². The fourth-order valence-electron chi connectivity index (χ4n) is 4.04. The van der Waals surface area contributed by atoms with Crippen LogP contribution in [0, 0.1) is 11.8 Å². The molecule has 1 saturated carbocycles. The van der Waals surface area contributed by atoms with Crippen LogP contribution >= 0.6 is 0 Å². The SMILES string of the molecule is N[C@H](c1cn2nc(CC3CCCNC3=O)cnc2n1)C1CCC(F)(F)CC1. The molecule has 4 rings (SSSR count). The Morgan fingerprint density at radius 3 is 2.85 bits per heavy atom. The third-order valence-corrected chi connectivity index (χ3v) is 5.72. The molecule has 0 radical (unpaired) electrons. The Labute approximate surface area is 155 Å². The van der Waals surface area contributed by atoms with Crippen molar-refractivity contribution >= 4 is 11.7 Å². The number of hydrogen-bond acceptors (Lipinski definition) is 5. The fraction of sp³-hybridized carbons (Fsp3) is 0.667. The first-order valence-corrected chi connectivity index (χ1v) is 9.54. The van der Waals surface area contributed by atoms with E-state index in [0.29, 0.717) is 30.7 Å². The predicted molar refractivity (Wildman–Crippen MR) is 94.1 cm³/mol. The van der Waals surface area contributed by atoms with E-state index in [4.69, 9.17) is 5.73 Å². The highest BCUT2D eigenvalue weighted by atomic mass is 19.3. The molecule has 1 unspecified atom stereocenters. The van der Waals surface area contributed by atoms with E-state index in [1.807, 2.05) is 0 Å². The van der Waals surface area contributed by atoms with Crippen LogP contribution in [0.2, 0.25) is 0 Å². The molecule has 9 heteroatoms. The van der Waals surface area contributed by atoms with Gasteiger partial charge in [0.2, 0.25) is 11.8 Å². The Balaban J connectivity index is 1.48. The van der Waals surface area contributed by atoms with Gasteiger partial charge in [-0.25, -0.2) is 23.3 Å². The standard InChI is InChI=1S/C18H24F2N6O/c19-18(20)5-3-11(4-6-18)15(21)14-10-26-17(24-14)23-9-13(25-26)8-12-2-1-7-22-16(12)27/h9-12,15H,1-8,21H2,(H,22,27)/t12?,15-/m0/s1. The fourth-order valence-corrected chi connectivity index (χ4v) is 4.04. The molecule has 3 N–H and O–H groups in total. The van der Waals surface area contributed by atoms with E-state index in [2.05, 4.69) is 20.4 Å². The lowest BCUT2D eigenvalue weighted by molar-refractivity contribution is -0.126. The topological polar surface area (TPSA) is 98.2 Å². The maximum Gasteiger partial charge on any atom is 0.250 e. The molecular formula is C18H24F2N6O. The number of alkyl halides is 2. The molecule has 1 saturated heterocycles. The molecule has 2 fully saturated rings. The molecule has 2 aromatic heterocycles. The number of fused-ring (bicyclic) bond motifs is 1. The lowest BCUT2D eigenvalue weighted by atomic mass is 9.81. The zero-order valence-corrected chi connectivity index (χ0v) is 15.1. The summed E-state index contributed by atoms with van der Waals surface area (Å²) in [5, 5.41) is 7.39. The summed E-state index contributed by atoms with van der Waals surface area (Å²) in [6.45, 7) is 0.732. The number of carbonyl (C=O) groups excluding carboxylic acids is 1. The van der Waals surface area contributed by atoms with Gasteiger partial charge in [-0.2, -0.15) is 5.10 Å². The first kappa shape index (κ1) is 18.2. The van der Waals surface area contributed by atoms with E-state index < -0.39 is 12.0 Å². The van der Waals surface area contributed by atoms with E-state index in [1.54, 1.807) is 16.9 Å². The number of hydrogen-bond donors (Lipinski definition) is 2. The number of piperidine rings is 1. The molecule has 0 bridgehead atoms. The zero-order chi connectivity index (χ0) is 19.0.